The molecule has 0 radical (unpaired) electrons. The van der Waals surface area contributed by atoms with Crippen molar-refractivity contribution in [3.05, 3.63) is 47.5 Å². The summed E-state index contributed by atoms with van der Waals surface area (Å²) in [6.45, 7) is 2.35. The van der Waals surface area contributed by atoms with Crippen LogP contribution in [0.3, 0.4) is 0 Å². The summed E-state index contributed by atoms with van der Waals surface area (Å²) in [5, 5.41) is 0. The number of ether oxygens (including phenoxy) is 2. The zero-order valence-corrected chi connectivity index (χ0v) is 16.3. The summed E-state index contributed by atoms with van der Waals surface area (Å²) in [6, 6.07) is 10.5. The predicted octanol–water partition coefficient (Wildman–Crippen LogP) is 2.67. The van der Waals surface area contributed by atoms with E-state index in [4.69, 9.17) is 9.47 Å². The van der Waals surface area contributed by atoms with Crippen LogP contribution in [0.1, 0.15) is 11.1 Å². The molecule has 0 aromatic heterocycles. The standard InChI is InChI=1S/C19H24N2O4S/c1-13-6-5-7-15(10-13)26(22,23)20-17-8-9-18(24-4)16-11-14(21(2)3)12-25-19(16)17/h5-10,14,20H,11-12H2,1-4H3/t14-/m1/s1. The van der Waals surface area contributed by atoms with Crippen LogP contribution >= 0.6 is 0 Å². The van der Waals surface area contributed by atoms with Crippen molar-refractivity contribution in [2.75, 3.05) is 32.5 Å². The van der Waals surface area contributed by atoms with Crippen LogP contribution in [0.4, 0.5) is 5.69 Å². The highest BCUT2D eigenvalue weighted by atomic mass is 32.2. The molecule has 0 amide bonds. The molecule has 7 heteroatoms. The number of rotatable bonds is 5. The number of benzene rings is 2. The predicted molar refractivity (Wildman–Crippen MR) is 102 cm³/mol. The fraction of sp³-hybridized carbons (Fsp3) is 0.368. The van der Waals surface area contributed by atoms with E-state index in [0.29, 0.717) is 23.8 Å². The third-order valence-corrected chi connectivity index (χ3v) is 5.93. The van der Waals surface area contributed by atoms with Gasteiger partial charge in [0.1, 0.15) is 18.1 Å². The maximum Gasteiger partial charge on any atom is 0.262 e. The SMILES string of the molecule is COc1ccc(NS(=O)(=O)c2cccc(C)c2)c2c1C[C@@H](N(C)C)CO2. The zero-order valence-electron chi connectivity index (χ0n) is 15.4. The molecule has 2 aromatic carbocycles. The minimum atomic E-state index is -3.70. The fourth-order valence-electron chi connectivity index (χ4n) is 3.03. The number of hydrogen-bond donors (Lipinski definition) is 1. The minimum absolute atomic E-state index is 0.208. The summed E-state index contributed by atoms with van der Waals surface area (Å²) in [7, 11) is 1.89. The maximum absolute atomic E-state index is 12.8. The Morgan fingerprint density at radius 1 is 1.23 bits per heavy atom. The molecule has 0 fully saturated rings. The van der Waals surface area contributed by atoms with Crippen LogP contribution in [-0.2, 0) is 16.4 Å². The van der Waals surface area contributed by atoms with Crippen molar-refractivity contribution in [3.63, 3.8) is 0 Å². The van der Waals surface area contributed by atoms with Gasteiger partial charge in [0.15, 0.2) is 0 Å². The Labute approximate surface area is 154 Å². The van der Waals surface area contributed by atoms with E-state index in [1.807, 2.05) is 27.1 Å². The van der Waals surface area contributed by atoms with Gasteiger partial charge < -0.3 is 14.4 Å². The van der Waals surface area contributed by atoms with Gasteiger partial charge in [-0.2, -0.15) is 0 Å². The molecular formula is C19H24N2O4S. The molecule has 0 aliphatic carbocycles. The van der Waals surface area contributed by atoms with Gasteiger partial charge in [-0.3, -0.25) is 4.72 Å². The Balaban J connectivity index is 1.98. The van der Waals surface area contributed by atoms with Gasteiger partial charge in [-0.05, 0) is 57.3 Å². The first-order chi connectivity index (χ1) is 12.3. The molecule has 2 aromatic rings. The van der Waals surface area contributed by atoms with Crippen molar-refractivity contribution in [2.24, 2.45) is 0 Å². The Bertz CT molecular complexity index is 910. The Morgan fingerprint density at radius 2 is 2.00 bits per heavy atom. The third-order valence-electron chi connectivity index (χ3n) is 4.57. The highest BCUT2D eigenvalue weighted by molar-refractivity contribution is 7.92. The van der Waals surface area contributed by atoms with Crippen LogP contribution in [0.2, 0.25) is 0 Å². The molecule has 140 valence electrons. The van der Waals surface area contributed by atoms with Crippen LogP contribution in [-0.4, -0.2) is 47.2 Å². The van der Waals surface area contributed by atoms with E-state index in [0.717, 1.165) is 17.5 Å². The molecule has 3 rings (SSSR count). The lowest BCUT2D eigenvalue weighted by molar-refractivity contribution is 0.164. The van der Waals surface area contributed by atoms with Crippen molar-refractivity contribution in [2.45, 2.75) is 24.3 Å². The highest BCUT2D eigenvalue weighted by Crippen LogP contribution is 2.40. The number of fused-ring (bicyclic) bond motifs is 1. The summed E-state index contributed by atoms with van der Waals surface area (Å²) in [5.74, 6) is 1.24. The van der Waals surface area contributed by atoms with E-state index in [1.54, 1.807) is 37.4 Å². The van der Waals surface area contributed by atoms with Gasteiger partial charge in [0.05, 0.1) is 17.7 Å². The van der Waals surface area contributed by atoms with Crippen molar-refractivity contribution in [1.82, 2.24) is 4.90 Å². The third kappa shape index (κ3) is 3.64. The maximum atomic E-state index is 12.8. The molecule has 0 spiro atoms. The summed E-state index contributed by atoms with van der Waals surface area (Å²) < 4.78 is 39.6. The number of hydrogen-bond acceptors (Lipinski definition) is 5. The van der Waals surface area contributed by atoms with Crippen molar-refractivity contribution < 1.29 is 17.9 Å². The Kier molecular flexibility index (Phi) is 5.11. The number of nitrogens with zero attached hydrogens (tertiary/aromatic N) is 1. The van der Waals surface area contributed by atoms with Gasteiger partial charge in [0, 0.05) is 11.6 Å². The molecule has 1 N–H and O–H groups in total. The van der Waals surface area contributed by atoms with Crippen LogP contribution in [0.5, 0.6) is 11.5 Å². The largest absolute Gasteiger partial charge is 0.496 e. The molecule has 0 saturated carbocycles. The minimum Gasteiger partial charge on any atom is -0.496 e. The Morgan fingerprint density at radius 3 is 2.65 bits per heavy atom. The van der Waals surface area contributed by atoms with E-state index >= 15 is 0 Å². The van der Waals surface area contributed by atoms with Gasteiger partial charge in [0.25, 0.3) is 10.0 Å². The molecule has 0 unspecified atom stereocenters. The normalized spacial score (nSPS) is 16.7. The number of anilines is 1. The van der Waals surface area contributed by atoms with Crippen molar-refractivity contribution in [1.29, 1.82) is 0 Å². The van der Waals surface area contributed by atoms with Crippen LogP contribution in [0, 0.1) is 6.92 Å². The smallest absolute Gasteiger partial charge is 0.262 e. The summed E-state index contributed by atoms with van der Waals surface area (Å²) in [5.41, 5.74) is 2.19. The first kappa shape index (κ1) is 18.5. The first-order valence-electron chi connectivity index (χ1n) is 8.40. The molecular weight excluding hydrogens is 352 g/mol. The average molecular weight is 376 g/mol. The van der Waals surface area contributed by atoms with Crippen molar-refractivity contribution in [3.8, 4) is 11.5 Å². The molecule has 26 heavy (non-hydrogen) atoms. The van der Waals surface area contributed by atoms with E-state index in [9.17, 15) is 8.42 Å². The topological polar surface area (TPSA) is 67.9 Å². The molecule has 1 atom stereocenters. The second kappa shape index (κ2) is 7.17. The number of sulfonamides is 1. The fourth-order valence-corrected chi connectivity index (χ4v) is 4.20. The van der Waals surface area contributed by atoms with Gasteiger partial charge >= 0.3 is 0 Å². The lowest BCUT2D eigenvalue weighted by atomic mass is 10.00. The molecule has 0 saturated heterocycles. The summed E-state index contributed by atoms with van der Waals surface area (Å²) in [4.78, 5) is 2.32. The molecule has 0 bridgehead atoms. The van der Waals surface area contributed by atoms with Gasteiger partial charge in [-0.25, -0.2) is 8.42 Å². The lowest BCUT2D eigenvalue weighted by Gasteiger charge is -2.32. The monoisotopic (exact) mass is 376 g/mol. The van der Waals surface area contributed by atoms with E-state index < -0.39 is 10.0 Å². The number of nitrogens with one attached hydrogen (secondary N) is 1. The van der Waals surface area contributed by atoms with E-state index in [-0.39, 0.29) is 10.9 Å². The quantitative estimate of drug-likeness (QED) is 0.869. The average Bonchev–Trinajstić information content (AvgIpc) is 2.61. The van der Waals surface area contributed by atoms with Crippen LogP contribution in [0.25, 0.3) is 0 Å². The van der Waals surface area contributed by atoms with Gasteiger partial charge in [-0.15, -0.1) is 0 Å². The summed E-state index contributed by atoms with van der Waals surface area (Å²) >= 11 is 0. The van der Waals surface area contributed by atoms with E-state index in [1.165, 1.54) is 0 Å². The zero-order chi connectivity index (χ0) is 18.9. The van der Waals surface area contributed by atoms with Crippen LogP contribution in [0.15, 0.2) is 41.3 Å². The molecule has 1 heterocycles. The Hall–Kier alpha value is -2.25. The summed E-state index contributed by atoms with van der Waals surface area (Å²) in [6.07, 6.45) is 0.728. The first-order valence-corrected chi connectivity index (χ1v) is 9.88. The van der Waals surface area contributed by atoms with Gasteiger partial charge in [0.2, 0.25) is 0 Å². The number of likely N-dealkylation sites (N-methyl/N-ethyl adjacent to an activating group) is 1. The van der Waals surface area contributed by atoms with Crippen LogP contribution < -0.4 is 14.2 Å². The highest BCUT2D eigenvalue weighted by Gasteiger charge is 2.28. The van der Waals surface area contributed by atoms with E-state index in [2.05, 4.69) is 9.62 Å². The molecule has 1 aliphatic rings. The molecule has 6 nitrogen and oxygen atoms in total. The number of methoxy groups -OCH3 is 1. The second-order valence-electron chi connectivity index (χ2n) is 6.68. The molecule has 1 aliphatic heterocycles. The lowest BCUT2D eigenvalue weighted by Crippen LogP contribution is -2.38. The number of aryl methyl sites for hydroxylation is 1. The van der Waals surface area contributed by atoms with Gasteiger partial charge in [-0.1, -0.05) is 12.1 Å². The second-order valence-corrected chi connectivity index (χ2v) is 8.36. The van der Waals surface area contributed by atoms with Crippen molar-refractivity contribution >= 4 is 15.7 Å².